The molecule has 0 aliphatic heterocycles. The quantitative estimate of drug-likeness (QED) is 0.808. The first-order valence-corrected chi connectivity index (χ1v) is 6.28. The summed E-state index contributed by atoms with van der Waals surface area (Å²) < 4.78 is 38.5. The third-order valence-corrected chi connectivity index (χ3v) is 3.65. The van der Waals surface area contributed by atoms with E-state index in [0.717, 1.165) is 15.5 Å². The van der Waals surface area contributed by atoms with Gasteiger partial charge in [0.2, 0.25) is 0 Å². The minimum Gasteiger partial charge on any atom is -0.282 e. The summed E-state index contributed by atoms with van der Waals surface area (Å²) in [6.45, 7) is 0.272. The summed E-state index contributed by atoms with van der Waals surface area (Å²) in [7, 11) is 0. The zero-order chi connectivity index (χ0) is 13.3. The van der Waals surface area contributed by atoms with Gasteiger partial charge in [-0.15, -0.1) is 16.4 Å². The van der Waals surface area contributed by atoms with E-state index in [1.165, 1.54) is 16.0 Å². The molecule has 2 rings (SSSR count). The molecule has 0 atom stereocenters. The molecule has 0 aromatic carbocycles. The molecule has 18 heavy (non-hydrogen) atoms. The van der Waals surface area contributed by atoms with E-state index < -0.39 is 17.7 Å². The number of halogens is 4. The van der Waals surface area contributed by atoms with Crippen molar-refractivity contribution in [2.75, 3.05) is 0 Å². The maximum atomic E-state index is 12.1. The predicted octanol–water partition coefficient (Wildman–Crippen LogP) is 2.90. The van der Waals surface area contributed by atoms with E-state index in [9.17, 15) is 18.0 Å². The summed E-state index contributed by atoms with van der Waals surface area (Å²) in [5.41, 5.74) is -0.696. The molecule has 0 amide bonds. The second-order valence-corrected chi connectivity index (χ2v) is 5.27. The number of hydrogen-bond acceptors (Lipinski definition) is 4. The summed E-state index contributed by atoms with van der Waals surface area (Å²) in [6, 6.07) is 1.82. The van der Waals surface area contributed by atoms with Gasteiger partial charge in [-0.05, 0) is 22.0 Å². The lowest BCUT2D eigenvalue weighted by atomic mass is 10.3. The Morgan fingerprint density at radius 3 is 2.78 bits per heavy atom. The van der Waals surface area contributed by atoms with Gasteiger partial charge in [-0.25, -0.2) is 4.68 Å². The van der Waals surface area contributed by atoms with Crippen LogP contribution in [0.5, 0.6) is 0 Å². The van der Waals surface area contributed by atoms with Crippen LogP contribution in [0.3, 0.4) is 0 Å². The largest absolute Gasteiger partial charge is 0.456 e. The van der Waals surface area contributed by atoms with Gasteiger partial charge in [-0.1, -0.05) is 5.21 Å². The fourth-order valence-corrected chi connectivity index (χ4v) is 2.66. The van der Waals surface area contributed by atoms with E-state index in [1.54, 1.807) is 0 Å². The molecule has 0 aliphatic carbocycles. The molecule has 0 N–H and O–H groups in total. The highest BCUT2D eigenvalue weighted by Crippen LogP contribution is 2.22. The van der Waals surface area contributed by atoms with Crippen LogP contribution in [0.1, 0.15) is 15.4 Å². The minimum atomic E-state index is -4.92. The maximum absolute atomic E-state index is 12.1. The number of carbonyl (C=O) groups excluding carboxylic acids is 1. The van der Waals surface area contributed by atoms with Crippen molar-refractivity contribution in [3.63, 3.8) is 0 Å². The molecular weight excluding hydrogens is 335 g/mol. The molecule has 0 unspecified atom stereocenters. The average molecular weight is 340 g/mol. The molecule has 0 saturated heterocycles. The Morgan fingerprint density at radius 2 is 2.22 bits per heavy atom. The fraction of sp³-hybridized carbons (Fsp3) is 0.222. The van der Waals surface area contributed by atoms with Gasteiger partial charge in [0.1, 0.15) is 0 Å². The van der Waals surface area contributed by atoms with Gasteiger partial charge in [0.25, 0.3) is 5.78 Å². The Kier molecular flexibility index (Phi) is 3.53. The number of alkyl halides is 3. The van der Waals surface area contributed by atoms with Crippen molar-refractivity contribution in [3.05, 3.63) is 32.7 Å². The summed E-state index contributed by atoms with van der Waals surface area (Å²) in [4.78, 5) is 11.8. The first-order chi connectivity index (χ1) is 8.36. The first-order valence-electron chi connectivity index (χ1n) is 4.61. The molecule has 0 saturated carbocycles. The monoisotopic (exact) mass is 339 g/mol. The zero-order valence-corrected chi connectivity index (χ0v) is 11.0. The Morgan fingerprint density at radius 1 is 1.50 bits per heavy atom. The number of rotatable bonds is 3. The molecule has 96 valence electrons. The van der Waals surface area contributed by atoms with Crippen molar-refractivity contribution >= 4 is 33.0 Å². The van der Waals surface area contributed by atoms with Gasteiger partial charge < -0.3 is 0 Å². The highest BCUT2D eigenvalue weighted by atomic mass is 79.9. The summed E-state index contributed by atoms with van der Waals surface area (Å²) in [5.74, 6) is -1.99. The van der Waals surface area contributed by atoms with Crippen LogP contribution in [0, 0.1) is 0 Å². The predicted molar refractivity (Wildman–Crippen MR) is 61.5 cm³/mol. The Hall–Kier alpha value is -1.22. The molecule has 4 nitrogen and oxygen atoms in total. The third kappa shape index (κ3) is 2.96. The van der Waals surface area contributed by atoms with E-state index in [1.807, 2.05) is 11.4 Å². The first kappa shape index (κ1) is 13.2. The normalized spacial score (nSPS) is 11.8. The van der Waals surface area contributed by atoms with E-state index >= 15 is 0 Å². The van der Waals surface area contributed by atoms with Gasteiger partial charge >= 0.3 is 6.18 Å². The lowest BCUT2D eigenvalue weighted by molar-refractivity contribution is -0.0888. The van der Waals surface area contributed by atoms with Crippen LogP contribution in [0.2, 0.25) is 0 Å². The number of carbonyl (C=O) groups is 1. The number of aromatic nitrogens is 3. The van der Waals surface area contributed by atoms with Gasteiger partial charge in [0, 0.05) is 14.7 Å². The number of thiophene rings is 1. The molecular formula is C9H5BrF3N3OS. The summed E-state index contributed by atoms with van der Waals surface area (Å²) in [5, 5.41) is 8.56. The molecule has 0 fully saturated rings. The molecule has 0 spiro atoms. The molecule has 2 heterocycles. The van der Waals surface area contributed by atoms with Gasteiger partial charge in [0.05, 0.1) is 12.7 Å². The topological polar surface area (TPSA) is 47.8 Å². The summed E-state index contributed by atoms with van der Waals surface area (Å²) in [6.07, 6.45) is -3.93. The fourth-order valence-electron chi connectivity index (χ4n) is 1.22. The van der Waals surface area contributed by atoms with Gasteiger partial charge in [0.15, 0.2) is 5.69 Å². The highest BCUT2D eigenvalue weighted by Gasteiger charge is 2.41. The van der Waals surface area contributed by atoms with Crippen LogP contribution in [-0.2, 0) is 6.54 Å². The van der Waals surface area contributed by atoms with Crippen molar-refractivity contribution in [2.24, 2.45) is 0 Å². The average Bonchev–Trinajstić information content (AvgIpc) is 2.86. The van der Waals surface area contributed by atoms with Crippen molar-refractivity contribution in [1.82, 2.24) is 15.0 Å². The molecule has 0 aliphatic rings. The number of ketones is 1. The smallest absolute Gasteiger partial charge is 0.282 e. The van der Waals surface area contributed by atoms with E-state index in [-0.39, 0.29) is 6.54 Å². The van der Waals surface area contributed by atoms with Crippen LogP contribution >= 0.6 is 27.3 Å². The second kappa shape index (κ2) is 4.81. The van der Waals surface area contributed by atoms with Crippen LogP contribution in [0.4, 0.5) is 13.2 Å². The van der Waals surface area contributed by atoms with E-state index in [0.29, 0.717) is 0 Å². The van der Waals surface area contributed by atoms with Crippen LogP contribution in [0.15, 0.2) is 22.1 Å². The van der Waals surface area contributed by atoms with Crippen LogP contribution in [-0.4, -0.2) is 27.0 Å². The van der Waals surface area contributed by atoms with Crippen LogP contribution < -0.4 is 0 Å². The van der Waals surface area contributed by atoms with E-state index in [2.05, 4.69) is 26.2 Å². The lowest BCUT2D eigenvalue weighted by Crippen LogP contribution is -2.23. The molecule has 2 aromatic rings. The molecule has 0 radical (unpaired) electrons. The number of nitrogens with zero attached hydrogens (tertiary/aromatic N) is 3. The second-order valence-electron chi connectivity index (χ2n) is 3.36. The highest BCUT2D eigenvalue weighted by molar-refractivity contribution is 9.10. The Bertz CT molecular complexity index is 578. The van der Waals surface area contributed by atoms with Crippen molar-refractivity contribution in [2.45, 2.75) is 12.7 Å². The standard InChI is InChI=1S/C9H5BrF3N3OS/c10-5-1-6(18-4-5)2-16-3-7(14-15-16)8(17)9(11,12)13/h1,3-4H,2H2. The maximum Gasteiger partial charge on any atom is 0.456 e. The third-order valence-electron chi connectivity index (χ3n) is 1.97. The SMILES string of the molecule is O=C(c1cn(Cc2cc(Br)cs2)nn1)C(F)(F)F. The molecule has 2 aromatic heterocycles. The van der Waals surface area contributed by atoms with Crippen molar-refractivity contribution in [3.8, 4) is 0 Å². The summed E-state index contributed by atoms with van der Waals surface area (Å²) >= 11 is 4.69. The Balaban J connectivity index is 2.14. The van der Waals surface area contributed by atoms with Gasteiger partial charge in [-0.3, -0.25) is 4.79 Å². The molecule has 9 heteroatoms. The van der Waals surface area contributed by atoms with E-state index in [4.69, 9.17) is 0 Å². The van der Waals surface area contributed by atoms with Crippen molar-refractivity contribution in [1.29, 1.82) is 0 Å². The number of Topliss-reactive ketones (excluding diaryl/α,β-unsaturated/α-hetero) is 1. The minimum absolute atomic E-state index is 0.272. The molecule has 0 bridgehead atoms. The lowest BCUT2D eigenvalue weighted by Gasteiger charge is -2.00. The van der Waals surface area contributed by atoms with Crippen molar-refractivity contribution < 1.29 is 18.0 Å². The zero-order valence-electron chi connectivity index (χ0n) is 8.61. The van der Waals surface area contributed by atoms with Crippen LogP contribution in [0.25, 0.3) is 0 Å². The Labute approximate surface area is 112 Å². The number of hydrogen-bond donors (Lipinski definition) is 0. The van der Waals surface area contributed by atoms with Gasteiger partial charge in [-0.2, -0.15) is 13.2 Å².